The van der Waals surface area contributed by atoms with Crippen molar-refractivity contribution in [3.8, 4) is 0 Å². The van der Waals surface area contributed by atoms with E-state index in [1.807, 2.05) is 7.05 Å². The summed E-state index contributed by atoms with van der Waals surface area (Å²) < 4.78 is 1.79. The summed E-state index contributed by atoms with van der Waals surface area (Å²) in [5.41, 5.74) is 0. The Kier molecular flexibility index (Phi) is 3.01. The predicted molar refractivity (Wildman–Crippen MR) is 51.7 cm³/mol. The van der Waals surface area contributed by atoms with Crippen LogP contribution in [-0.2, 0) is 7.05 Å². The monoisotopic (exact) mass is 205 g/mol. The summed E-state index contributed by atoms with van der Waals surface area (Å²) >= 11 is 7.48. The van der Waals surface area contributed by atoms with Gasteiger partial charge in [-0.1, -0.05) is 17.0 Å². The Balaban J connectivity index is 2.70. The second-order valence-electron chi connectivity index (χ2n) is 3.19. The first-order valence-corrected chi connectivity index (χ1v) is 5.00. The van der Waals surface area contributed by atoms with Crippen LogP contribution in [0.25, 0.3) is 0 Å². The highest BCUT2D eigenvalue weighted by molar-refractivity contribution is 8.00. The molecule has 0 aromatic carbocycles. The molecule has 0 aliphatic carbocycles. The van der Waals surface area contributed by atoms with Gasteiger partial charge in [0, 0.05) is 17.7 Å². The highest BCUT2D eigenvalue weighted by atomic mass is 35.5. The van der Waals surface area contributed by atoms with Crippen molar-refractivity contribution in [2.45, 2.75) is 23.6 Å². The molecule has 0 saturated carbocycles. The van der Waals surface area contributed by atoms with Crippen LogP contribution >= 0.6 is 23.4 Å². The fraction of sp³-hybridized carbons (Fsp3) is 0.714. The smallest absolute Gasteiger partial charge is 0.115 e. The first kappa shape index (κ1) is 9.86. The van der Waals surface area contributed by atoms with Gasteiger partial charge in [-0.05, 0) is 13.8 Å². The summed E-state index contributed by atoms with van der Waals surface area (Å²) in [4.78, 5) is 0. The molecule has 0 unspecified atom stereocenters. The van der Waals surface area contributed by atoms with Crippen molar-refractivity contribution < 1.29 is 0 Å². The molecule has 0 bridgehead atoms. The third-order valence-electron chi connectivity index (χ3n) is 1.38. The Morgan fingerprint density at radius 2 is 2.33 bits per heavy atom. The topological polar surface area (TPSA) is 30.7 Å². The Morgan fingerprint density at radius 3 is 2.75 bits per heavy atom. The molecule has 1 rings (SSSR count). The van der Waals surface area contributed by atoms with E-state index in [2.05, 4.69) is 24.2 Å². The average Bonchev–Trinajstić information content (AvgIpc) is 2.36. The number of hydrogen-bond donors (Lipinski definition) is 0. The van der Waals surface area contributed by atoms with Crippen LogP contribution in [-0.4, -0.2) is 25.6 Å². The molecule has 0 saturated heterocycles. The summed E-state index contributed by atoms with van der Waals surface area (Å²) in [7, 11) is 1.87. The van der Waals surface area contributed by atoms with Crippen molar-refractivity contribution in [3.63, 3.8) is 0 Å². The molecule has 1 aromatic rings. The molecule has 0 aliphatic rings. The summed E-state index contributed by atoms with van der Waals surface area (Å²) in [6.45, 7) is 4.19. The van der Waals surface area contributed by atoms with Gasteiger partial charge in [-0.15, -0.1) is 16.7 Å². The van der Waals surface area contributed by atoms with Gasteiger partial charge in [0.25, 0.3) is 0 Å². The van der Waals surface area contributed by atoms with Crippen molar-refractivity contribution in [3.05, 3.63) is 6.20 Å². The number of alkyl halides is 1. The SMILES string of the molecule is Cn1nncc1SC(C)(C)CCl. The Morgan fingerprint density at radius 1 is 1.67 bits per heavy atom. The number of halogens is 1. The van der Waals surface area contributed by atoms with Gasteiger partial charge in [0.2, 0.25) is 0 Å². The van der Waals surface area contributed by atoms with Crippen molar-refractivity contribution in [1.29, 1.82) is 0 Å². The lowest BCUT2D eigenvalue weighted by molar-refractivity contribution is 0.660. The van der Waals surface area contributed by atoms with E-state index >= 15 is 0 Å². The Bertz CT molecular complexity index is 259. The molecule has 0 spiro atoms. The quantitative estimate of drug-likeness (QED) is 0.558. The van der Waals surface area contributed by atoms with E-state index in [4.69, 9.17) is 11.6 Å². The summed E-state index contributed by atoms with van der Waals surface area (Å²) in [5.74, 6) is 0.614. The summed E-state index contributed by atoms with van der Waals surface area (Å²) in [5, 5.41) is 8.67. The maximum Gasteiger partial charge on any atom is 0.115 e. The molecule has 0 radical (unpaired) electrons. The molecule has 0 amide bonds. The molecule has 0 N–H and O–H groups in total. The van der Waals surface area contributed by atoms with Gasteiger partial charge in [0.05, 0.1) is 6.20 Å². The Hall–Kier alpha value is -0.220. The standard InChI is InChI=1S/C7H12ClN3S/c1-7(2,5-8)12-6-4-9-10-11(6)3/h4H,5H2,1-3H3. The van der Waals surface area contributed by atoms with Gasteiger partial charge >= 0.3 is 0 Å². The number of aryl methyl sites for hydroxylation is 1. The highest BCUT2D eigenvalue weighted by Crippen LogP contribution is 2.31. The van der Waals surface area contributed by atoms with Gasteiger partial charge < -0.3 is 0 Å². The number of nitrogens with zero attached hydrogens (tertiary/aromatic N) is 3. The van der Waals surface area contributed by atoms with Crippen LogP contribution in [0, 0.1) is 0 Å². The van der Waals surface area contributed by atoms with Crippen LogP contribution in [0.5, 0.6) is 0 Å². The predicted octanol–water partition coefficient (Wildman–Crippen LogP) is 1.92. The minimum atomic E-state index is 0.0387. The summed E-state index contributed by atoms with van der Waals surface area (Å²) in [6, 6.07) is 0. The molecule has 0 fully saturated rings. The lowest BCUT2D eigenvalue weighted by Gasteiger charge is -2.19. The van der Waals surface area contributed by atoms with Crippen LogP contribution in [0.15, 0.2) is 11.2 Å². The fourth-order valence-electron chi connectivity index (χ4n) is 0.683. The first-order valence-electron chi connectivity index (χ1n) is 3.65. The maximum absolute atomic E-state index is 5.79. The van der Waals surface area contributed by atoms with Gasteiger partial charge in [-0.25, -0.2) is 4.68 Å². The molecule has 1 heterocycles. The van der Waals surface area contributed by atoms with Gasteiger partial charge in [-0.3, -0.25) is 0 Å². The fourth-order valence-corrected chi connectivity index (χ4v) is 1.74. The lowest BCUT2D eigenvalue weighted by atomic mass is 10.2. The van der Waals surface area contributed by atoms with Crippen LogP contribution < -0.4 is 0 Å². The van der Waals surface area contributed by atoms with E-state index in [-0.39, 0.29) is 4.75 Å². The number of thioether (sulfide) groups is 1. The van der Waals surface area contributed by atoms with Crippen LogP contribution in [0.3, 0.4) is 0 Å². The van der Waals surface area contributed by atoms with Gasteiger partial charge in [-0.2, -0.15) is 0 Å². The highest BCUT2D eigenvalue weighted by Gasteiger charge is 2.19. The molecule has 1 aromatic heterocycles. The van der Waals surface area contributed by atoms with Crippen molar-refractivity contribution in [2.24, 2.45) is 7.05 Å². The van der Waals surface area contributed by atoms with Gasteiger partial charge in [0.15, 0.2) is 0 Å². The zero-order chi connectivity index (χ0) is 9.19. The van der Waals surface area contributed by atoms with E-state index in [0.29, 0.717) is 5.88 Å². The molecule has 68 valence electrons. The molecule has 0 atom stereocenters. The summed E-state index contributed by atoms with van der Waals surface area (Å²) in [6.07, 6.45) is 1.75. The molecule has 3 nitrogen and oxygen atoms in total. The average molecular weight is 206 g/mol. The zero-order valence-electron chi connectivity index (χ0n) is 7.41. The third kappa shape index (κ3) is 2.38. The molecule has 0 aliphatic heterocycles. The Labute approximate surface area is 81.5 Å². The second-order valence-corrected chi connectivity index (χ2v) is 5.19. The van der Waals surface area contributed by atoms with E-state index in [1.54, 1.807) is 22.6 Å². The number of hydrogen-bond acceptors (Lipinski definition) is 3. The van der Waals surface area contributed by atoms with E-state index in [9.17, 15) is 0 Å². The third-order valence-corrected chi connectivity index (χ3v) is 3.48. The van der Waals surface area contributed by atoms with E-state index < -0.39 is 0 Å². The first-order chi connectivity index (χ1) is 5.55. The molecule has 5 heteroatoms. The second kappa shape index (κ2) is 3.66. The van der Waals surface area contributed by atoms with E-state index in [1.165, 1.54) is 0 Å². The van der Waals surface area contributed by atoms with Crippen LogP contribution in [0.4, 0.5) is 0 Å². The number of rotatable bonds is 3. The lowest BCUT2D eigenvalue weighted by Crippen LogP contribution is -2.17. The van der Waals surface area contributed by atoms with Crippen molar-refractivity contribution >= 4 is 23.4 Å². The van der Waals surface area contributed by atoms with Crippen molar-refractivity contribution in [2.75, 3.05) is 5.88 Å². The van der Waals surface area contributed by atoms with Crippen LogP contribution in [0.1, 0.15) is 13.8 Å². The van der Waals surface area contributed by atoms with Crippen LogP contribution in [0.2, 0.25) is 0 Å². The zero-order valence-corrected chi connectivity index (χ0v) is 8.98. The number of aromatic nitrogens is 3. The maximum atomic E-state index is 5.79. The van der Waals surface area contributed by atoms with Crippen molar-refractivity contribution in [1.82, 2.24) is 15.0 Å². The molecular formula is C7H12ClN3S. The minimum Gasteiger partial charge on any atom is -0.242 e. The largest absolute Gasteiger partial charge is 0.242 e. The minimum absolute atomic E-state index is 0.0387. The molecular weight excluding hydrogens is 194 g/mol. The molecule has 12 heavy (non-hydrogen) atoms. The van der Waals surface area contributed by atoms with Gasteiger partial charge in [0.1, 0.15) is 5.03 Å². The van der Waals surface area contributed by atoms with E-state index in [0.717, 1.165) is 5.03 Å². The normalized spacial score (nSPS) is 12.0.